The van der Waals surface area contributed by atoms with Crippen LogP contribution in [0.2, 0.25) is 0 Å². The van der Waals surface area contributed by atoms with E-state index in [4.69, 9.17) is 0 Å². The summed E-state index contributed by atoms with van der Waals surface area (Å²) in [6, 6.07) is 7.65. The van der Waals surface area contributed by atoms with Crippen molar-refractivity contribution in [1.29, 1.82) is 0 Å². The van der Waals surface area contributed by atoms with Gasteiger partial charge >= 0.3 is 5.97 Å². The van der Waals surface area contributed by atoms with Gasteiger partial charge in [0.25, 0.3) is 0 Å². The molecule has 3 heteroatoms. The van der Waals surface area contributed by atoms with Gasteiger partial charge in [-0.3, -0.25) is 5.32 Å². The summed E-state index contributed by atoms with van der Waals surface area (Å²) >= 11 is 0. The van der Waals surface area contributed by atoms with Crippen LogP contribution in [0, 0.1) is 6.92 Å². The number of benzene rings is 1. The van der Waals surface area contributed by atoms with E-state index in [-0.39, 0.29) is 0 Å². The Morgan fingerprint density at radius 3 is 2.56 bits per heavy atom. The summed E-state index contributed by atoms with van der Waals surface area (Å²) in [5.74, 6) is -0.826. The Morgan fingerprint density at radius 1 is 1.33 bits per heavy atom. The minimum atomic E-state index is -1.00. The molecule has 0 aromatic heterocycles. The molecule has 100 valence electrons. The van der Waals surface area contributed by atoms with Crippen molar-refractivity contribution in [2.75, 3.05) is 6.54 Å². The average Bonchev–Trinajstić information content (AvgIpc) is 2.34. The highest BCUT2D eigenvalue weighted by Gasteiger charge is 2.35. The lowest BCUT2D eigenvalue weighted by molar-refractivity contribution is -0.144. The fraction of sp³-hybridized carbons (Fsp3) is 0.533. The van der Waals surface area contributed by atoms with E-state index in [0.29, 0.717) is 0 Å². The van der Waals surface area contributed by atoms with Crippen LogP contribution in [0.3, 0.4) is 0 Å². The monoisotopic (exact) mass is 249 g/mol. The maximum absolute atomic E-state index is 11.6. The largest absolute Gasteiger partial charge is 0.480 e. The number of rotatable bonds is 7. The van der Waals surface area contributed by atoms with E-state index in [0.717, 1.165) is 36.9 Å². The van der Waals surface area contributed by atoms with Crippen LogP contribution in [0.5, 0.6) is 0 Å². The zero-order chi connectivity index (χ0) is 13.6. The Morgan fingerprint density at radius 2 is 2.00 bits per heavy atom. The number of nitrogens with one attached hydrogen (secondary N) is 1. The van der Waals surface area contributed by atoms with E-state index in [1.807, 2.05) is 31.2 Å². The van der Waals surface area contributed by atoms with Crippen LogP contribution in [0.4, 0.5) is 0 Å². The number of carbonyl (C=O) groups is 1. The van der Waals surface area contributed by atoms with Crippen molar-refractivity contribution in [2.24, 2.45) is 0 Å². The molecule has 0 saturated carbocycles. The lowest BCUT2D eigenvalue weighted by Gasteiger charge is -2.28. The Labute approximate surface area is 109 Å². The normalized spacial score (nSPS) is 14.2. The van der Waals surface area contributed by atoms with Crippen molar-refractivity contribution in [3.63, 3.8) is 0 Å². The SMILES string of the molecule is CCCCCNC(C)(C(=O)O)c1ccccc1C. The smallest absolute Gasteiger partial charge is 0.328 e. The van der Waals surface area contributed by atoms with Gasteiger partial charge in [0.1, 0.15) is 5.54 Å². The first-order chi connectivity index (χ1) is 8.52. The highest BCUT2D eigenvalue weighted by molar-refractivity contribution is 5.80. The lowest BCUT2D eigenvalue weighted by atomic mass is 9.88. The molecule has 0 fully saturated rings. The molecule has 0 aliphatic rings. The van der Waals surface area contributed by atoms with Crippen LogP contribution in [0.25, 0.3) is 0 Å². The van der Waals surface area contributed by atoms with Gasteiger partial charge in [0.2, 0.25) is 0 Å². The third-order valence-corrected chi connectivity index (χ3v) is 3.37. The van der Waals surface area contributed by atoms with Gasteiger partial charge in [-0.15, -0.1) is 0 Å². The third kappa shape index (κ3) is 3.33. The minimum absolute atomic E-state index is 0.727. The maximum Gasteiger partial charge on any atom is 0.328 e. The topological polar surface area (TPSA) is 49.3 Å². The number of aliphatic carboxylic acids is 1. The molecule has 3 nitrogen and oxygen atoms in total. The highest BCUT2D eigenvalue weighted by atomic mass is 16.4. The second-order valence-electron chi connectivity index (χ2n) is 4.88. The molecular weight excluding hydrogens is 226 g/mol. The Balaban J connectivity index is 2.87. The van der Waals surface area contributed by atoms with Gasteiger partial charge < -0.3 is 5.11 Å². The number of unbranched alkanes of at least 4 members (excludes halogenated alkanes) is 2. The van der Waals surface area contributed by atoms with Crippen LogP contribution in [0.15, 0.2) is 24.3 Å². The predicted octanol–water partition coefficient (Wildman–Crippen LogP) is 3.07. The fourth-order valence-corrected chi connectivity index (χ4v) is 2.13. The van der Waals surface area contributed by atoms with Crippen molar-refractivity contribution in [3.05, 3.63) is 35.4 Å². The molecule has 0 aliphatic carbocycles. The second kappa shape index (κ2) is 6.55. The molecule has 1 aromatic rings. The first-order valence-electron chi connectivity index (χ1n) is 6.57. The van der Waals surface area contributed by atoms with Crippen LogP contribution >= 0.6 is 0 Å². The Kier molecular flexibility index (Phi) is 5.35. The molecule has 0 spiro atoms. The van der Waals surface area contributed by atoms with E-state index in [1.165, 1.54) is 0 Å². The Hall–Kier alpha value is -1.35. The van der Waals surface area contributed by atoms with Crippen molar-refractivity contribution in [1.82, 2.24) is 5.32 Å². The lowest BCUT2D eigenvalue weighted by Crippen LogP contribution is -2.47. The van der Waals surface area contributed by atoms with Crippen molar-refractivity contribution >= 4 is 5.97 Å². The van der Waals surface area contributed by atoms with Crippen LogP contribution in [0.1, 0.15) is 44.2 Å². The summed E-state index contributed by atoms with van der Waals surface area (Å²) < 4.78 is 0. The molecule has 0 amide bonds. The molecular formula is C15H23NO2. The molecule has 0 heterocycles. The van der Waals surface area contributed by atoms with Gasteiger partial charge in [-0.1, -0.05) is 44.0 Å². The maximum atomic E-state index is 11.6. The first-order valence-corrected chi connectivity index (χ1v) is 6.57. The summed E-state index contributed by atoms with van der Waals surface area (Å²) in [6.45, 7) is 6.55. The summed E-state index contributed by atoms with van der Waals surface area (Å²) in [5.41, 5.74) is 0.846. The fourth-order valence-electron chi connectivity index (χ4n) is 2.13. The third-order valence-electron chi connectivity index (χ3n) is 3.37. The first kappa shape index (κ1) is 14.7. The van der Waals surface area contributed by atoms with E-state index in [2.05, 4.69) is 12.2 Å². The molecule has 0 aliphatic heterocycles. The highest BCUT2D eigenvalue weighted by Crippen LogP contribution is 2.24. The van der Waals surface area contributed by atoms with Crippen molar-refractivity contribution in [3.8, 4) is 0 Å². The molecule has 1 atom stereocenters. The molecule has 0 bridgehead atoms. The molecule has 1 unspecified atom stereocenters. The predicted molar refractivity (Wildman–Crippen MR) is 73.7 cm³/mol. The van der Waals surface area contributed by atoms with E-state index < -0.39 is 11.5 Å². The van der Waals surface area contributed by atoms with Crippen molar-refractivity contribution in [2.45, 2.75) is 45.6 Å². The zero-order valence-corrected chi connectivity index (χ0v) is 11.5. The van der Waals surface area contributed by atoms with Crippen LogP contribution in [-0.4, -0.2) is 17.6 Å². The number of aryl methyl sites for hydroxylation is 1. The van der Waals surface area contributed by atoms with E-state index >= 15 is 0 Å². The molecule has 2 N–H and O–H groups in total. The molecule has 0 saturated heterocycles. The van der Waals surface area contributed by atoms with Gasteiger partial charge in [0, 0.05) is 0 Å². The van der Waals surface area contributed by atoms with Gasteiger partial charge in [-0.05, 0) is 37.9 Å². The van der Waals surface area contributed by atoms with Gasteiger partial charge in [-0.2, -0.15) is 0 Å². The zero-order valence-electron chi connectivity index (χ0n) is 11.5. The summed E-state index contributed by atoms with van der Waals surface area (Å²) in [6.07, 6.45) is 3.26. The molecule has 18 heavy (non-hydrogen) atoms. The summed E-state index contributed by atoms with van der Waals surface area (Å²) in [7, 11) is 0. The average molecular weight is 249 g/mol. The van der Waals surface area contributed by atoms with Gasteiger partial charge in [-0.25, -0.2) is 4.79 Å². The van der Waals surface area contributed by atoms with E-state index in [1.54, 1.807) is 6.92 Å². The number of carboxylic acid groups (broad SMARTS) is 1. The van der Waals surface area contributed by atoms with E-state index in [9.17, 15) is 9.90 Å². The number of hydrogen-bond acceptors (Lipinski definition) is 2. The van der Waals surface area contributed by atoms with Gasteiger partial charge in [0.05, 0.1) is 0 Å². The van der Waals surface area contributed by atoms with Gasteiger partial charge in [0.15, 0.2) is 0 Å². The standard InChI is InChI=1S/C15H23NO2/c1-4-5-8-11-16-15(3,14(17)18)13-10-7-6-9-12(13)2/h6-7,9-10,16H,4-5,8,11H2,1-3H3,(H,17,18). The Bertz CT molecular complexity index is 403. The van der Waals surface area contributed by atoms with Crippen LogP contribution in [-0.2, 0) is 10.3 Å². The number of carboxylic acids is 1. The molecule has 0 radical (unpaired) electrons. The second-order valence-corrected chi connectivity index (χ2v) is 4.88. The van der Waals surface area contributed by atoms with Crippen molar-refractivity contribution < 1.29 is 9.90 Å². The molecule has 1 aromatic carbocycles. The summed E-state index contributed by atoms with van der Waals surface area (Å²) in [4.78, 5) is 11.6. The number of hydrogen-bond donors (Lipinski definition) is 2. The molecule has 1 rings (SSSR count). The quantitative estimate of drug-likeness (QED) is 0.730. The minimum Gasteiger partial charge on any atom is -0.480 e. The summed E-state index contributed by atoms with van der Waals surface area (Å²) in [5, 5.41) is 12.7. The van der Waals surface area contributed by atoms with Crippen LogP contribution < -0.4 is 5.32 Å².